The Hall–Kier alpha value is -1.20. The maximum Gasteiger partial charge on any atom is 0.0885 e. The molecule has 0 saturated carbocycles. The Bertz CT molecular complexity index is 449. The topological polar surface area (TPSA) is 56.7 Å². The summed E-state index contributed by atoms with van der Waals surface area (Å²) in [5, 5.41) is 7.99. The first-order valence-corrected chi connectivity index (χ1v) is 5.95. The van der Waals surface area contributed by atoms with Crippen LogP contribution in [0.3, 0.4) is 0 Å². The predicted octanol–water partition coefficient (Wildman–Crippen LogP) is 2.06. The molecule has 0 bridgehead atoms. The van der Waals surface area contributed by atoms with Gasteiger partial charge in [-0.25, -0.2) is 4.68 Å². The lowest BCUT2D eigenvalue weighted by molar-refractivity contribution is 0.569. The molecule has 0 radical (unpaired) electrons. The van der Waals surface area contributed by atoms with Crippen molar-refractivity contribution >= 4 is 15.9 Å². The molecule has 0 spiro atoms. The van der Waals surface area contributed by atoms with E-state index in [4.69, 9.17) is 5.73 Å². The van der Waals surface area contributed by atoms with Crippen LogP contribution >= 0.6 is 15.9 Å². The predicted molar refractivity (Wildman–Crippen MR) is 66.8 cm³/mol. The lowest BCUT2D eigenvalue weighted by Crippen LogP contribution is -2.08. The summed E-state index contributed by atoms with van der Waals surface area (Å²) in [4.78, 5) is 0. The monoisotopic (exact) mass is 280 g/mol. The fourth-order valence-corrected chi connectivity index (χ4v) is 1.77. The Balaban J connectivity index is 2.26. The average Bonchev–Trinajstić information content (AvgIpc) is 2.75. The van der Waals surface area contributed by atoms with Crippen LogP contribution in [0.2, 0.25) is 0 Å². The highest BCUT2D eigenvalue weighted by Gasteiger charge is 2.05. The summed E-state index contributed by atoms with van der Waals surface area (Å²) in [5.74, 6) is 0. The molecule has 1 aromatic heterocycles. The van der Waals surface area contributed by atoms with Crippen molar-refractivity contribution in [3.63, 3.8) is 0 Å². The molecule has 0 atom stereocenters. The molecule has 4 nitrogen and oxygen atoms in total. The Morgan fingerprint density at radius 3 is 2.69 bits per heavy atom. The van der Waals surface area contributed by atoms with E-state index < -0.39 is 0 Å². The largest absolute Gasteiger partial charge is 0.330 e. The quantitative estimate of drug-likeness (QED) is 0.933. The van der Waals surface area contributed by atoms with Crippen molar-refractivity contribution in [3.8, 4) is 11.3 Å². The highest BCUT2D eigenvalue weighted by atomic mass is 79.9. The fraction of sp³-hybridized carbons (Fsp3) is 0.273. The molecular weight excluding hydrogens is 268 g/mol. The van der Waals surface area contributed by atoms with Crippen molar-refractivity contribution in [2.75, 3.05) is 6.54 Å². The van der Waals surface area contributed by atoms with Crippen LogP contribution < -0.4 is 5.73 Å². The van der Waals surface area contributed by atoms with E-state index in [1.54, 1.807) is 6.20 Å². The molecule has 84 valence electrons. The van der Waals surface area contributed by atoms with Crippen LogP contribution in [-0.2, 0) is 6.54 Å². The summed E-state index contributed by atoms with van der Waals surface area (Å²) in [6, 6.07) is 8.11. The SMILES string of the molecule is NCCCn1nncc1-c1ccc(Br)cc1. The molecule has 16 heavy (non-hydrogen) atoms. The number of nitrogens with zero attached hydrogens (tertiary/aromatic N) is 3. The lowest BCUT2D eigenvalue weighted by atomic mass is 10.2. The number of rotatable bonds is 4. The van der Waals surface area contributed by atoms with Gasteiger partial charge in [-0.3, -0.25) is 0 Å². The summed E-state index contributed by atoms with van der Waals surface area (Å²) < 4.78 is 2.95. The Morgan fingerprint density at radius 2 is 2.00 bits per heavy atom. The summed E-state index contributed by atoms with van der Waals surface area (Å²) in [5.41, 5.74) is 7.63. The molecule has 0 amide bonds. The zero-order valence-corrected chi connectivity index (χ0v) is 10.4. The van der Waals surface area contributed by atoms with Crippen LogP contribution in [-0.4, -0.2) is 21.5 Å². The van der Waals surface area contributed by atoms with E-state index >= 15 is 0 Å². The van der Waals surface area contributed by atoms with Crippen LogP contribution in [0.15, 0.2) is 34.9 Å². The zero-order valence-electron chi connectivity index (χ0n) is 8.81. The normalized spacial score (nSPS) is 10.6. The second-order valence-electron chi connectivity index (χ2n) is 3.49. The van der Waals surface area contributed by atoms with E-state index in [2.05, 4.69) is 26.2 Å². The highest BCUT2D eigenvalue weighted by molar-refractivity contribution is 9.10. The lowest BCUT2D eigenvalue weighted by Gasteiger charge is -2.05. The third-order valence-corrected chi connectivity index (χ3v) is 2.86. The van der Waals surface area contributed by atoms with Gasteiger partial charge in [0.25, 0.3) is 0 Å². The van der Waals surface area contributed by atoms with Crippen molar-refractivity contribution < 1.29 is 0 Å². The van der Waals surface area contributed by atoms with Gasteiger partial charge in [0.1, 0.15) is 0 Å². The molecule has 0 aliphatic rings. The standard InChI is InChI=1S/C11H13BrN4/c12-10-4-2-9(3-5-10)11-8-14-15-16(11)7-1-6-13/h2-5,8H,1,6-7,13H2. The van der Waals surface area contributed by atoms with Gasteiger partial charge < -0.3 is 5.73 Å². The number of aromatic nitrogens is 3. The third-order valence-electron chi connectivity index (χ3n) is 2.33. The molecule has 1 aromatic carbocycles. The molecule has 0 aliphatic heterocycles. The van der Waals surface area contributed by atoms with E-state index in [9.17, 15) is 0 Å². The number of halogens is 1. The molecule has 0 saturated heterocycles. The molecular formula is C11H13BrN4. The minimum atomic E-state index is 0.666. The van der Waals surface area contributed by atoms with Gasteiger partial charge in [0.15, 0.2) is 0 Å². The Labute approximate surface area is 103 Å². The van der Waals surface area contributed by atoms with E-state index in [0.717, 1.165) is 28.7 Å². The first-order chi connectivity index (χ1) is 7.81. The molecule has 0 fully saturated rings. The number of benzene rings is 1. The van der Waals surface area contributed by atoms with E-state index in [0.29, 0.717) is 6.54 Å². The molecule has 2 N–H and O–H groups in total. The molecule has 1 heterocycles. The number of hydrogen-bond donors (Lipinski definition) is 1. The highest BCUT2D eigenvalue weighted by Crippen LogP contribution is 2.20. The maximum atomic E-state index is 5.49. The van der Waals surface area contributed by atoms with Crippen LogP contribution in [0.4, 0.5) is 0 Å². The Morgan fingerprint density at radius 1 is 1.25 bits per heavy atom. The van der Waals surface area contributed by atoms with Crippen molar-refractivity contribution in [2.45, 2.75) is 13.0 Å². The smallest absolute Gasteiger partial charge is 0.0885 e. The van der Waals surface area contributed by atoms with Crippen molar-refractivity contribution in [1.29, 1.82) is 0 Å². The van der Waals surface area contributed by atoms with Gasteiger partial charge in [0, 0.05) is 16.6 Å². The van der Waals surface area contributed by atoms with Crippen LogP contribution in [0, 0.1) is 0 Å². The zero-order chi connectivity index (χ0) is 11.4. The van der Waals surface area contributed by atoms with Crippen molar-refractivity contribution in [2.24, 2.45) is 5.73 Å². The van der Waals surface area contributed by atoms with E-state index in [1.165, 1.54) is 0 Å². The van der Waals surface area contributed by atoms with Crippen molar-refractivity contribution in [1.82, 2.24) is 15.0 Å². The summed E-state index contributed by atoms with van der Waals surface area (Å²) >= 11 is 3.41. The summed E-state index contributed by atoms with van der Waals surface area (Å²) in [6.07, 6.45) is 2.69. The molecule has 5 heteroatoms. The molecule has 2 rings (SSSR count). The maximum absolute atomic E-state index is 5.49. The second kappa shape index (κ2) is 5.23. The summed E-state index contributed by atoms with van der Waals surface area (Å²) in [7, 11) is 0. The second-order valence-corrected chi connectivity index (χ2v) is 4.41. The van der Waals surface area contributed by atoms with Crippen LogP contribution in [0.25, 0.3) is 11.3 Å². The first-order valence-electron chi connectivity index (χ1n) is 5.16. The van der Waals surface area contributed by atoms with Gasteiger partial charge in [-0.2, -0.15) is 0 Å². The van der Waals surface area contributed by atoms with Gasteiger partial charge in [-0.1, -0.05) is 33.3 Å². The van der Waals surface area contributed by atoms with Gasteiger partial charge in [0.05, 0.1) is 11.9 Å². The third kappa shape index (κ3) is 2.48. The van der Waals surface area contributed by atoms with Gasteiger partial charge >= 0.3 is 0 Å². The van der Waals surface area contributed by atoms with E-state index in [-0.39, 0.29) is 0 Å². The Kier molecular flexibility index (Phi) is 3.69. The van der Waals surface area contributed by atoms with Gasteiger partial charge in [-0.05, 0) is 25.1 Å². The van der Waals surface area contributed by atoms with Crippen LogP contribution in [0.1, 0.15) is 6.42 Å². The first kappa shape index (κ1) is 11.3. The number of nitrogens with two attached hydrogens (primary N) is 1. The number of aryl methyl sites for hydroxylation is 1. The molecule has 0 aliphatic carbocycles. The minimum Gasteiger partial charge on any atom is -0.330 e. The van der Waals surface area contributed by atoms with Crippen molar-refractivity contribution in [3.05, 3.63) is 34.9 Å². The summed E-state index contributed by atoms with van der Waals surface area (Å²) in [6.45, 7) is 1.47. The van der Waals surface area contributed by atoms with Crippen LogP contribution in [0.5, 0.6) is 0 Å². The van der Waals surface area contributed by atoms with Gasteiger partial charge in [-0.15, -0.1) is 5.10 Å². The molecule has 0 unspecified atom stereocenters. The minimum absolute atomic E-state index is 0.666. The number of hydrogen-bond acceptors (Lipinski definition) is 3. The molecule has 2 aromatic rings. The average molecular weight is 281 g/mol. The van der Waals surface area contributed by atoms with E-state index in [1.807, 2.05) is 28.9 Å². The van der Waals surface area contributed by atoms with Gasteiger partial charge in [0.2, 0.25) is 0 Å². The fourth-order valence-electron chi connectivity index (χ4n) is 1.51.